The summed E-state index contributed by atoms with van der Waals surface area (Å²) in [5.41, 5.74) is 1.94. The van der Waals surface area contributed by atoms with Crippen molar-refractivity contribution >= 4 is 16.6 Å². The van der Waals surface area contributed by atoms with Crippen molar-refractivity contribution in [3.8, 4) is 6.07 Å². The summed E-state index contributed by atoms with van der Waals surface area (Å²) in [5.74, 6) is 0.508. The average Bonchev–Trinajstić information content (AvgIpc) is 2.35. The van der Waals surface area contributed by atoms with Gasteiger partial charge in [-0.2, -0.15) is 5.26 Å². The second kappa shape index (κ2) is 4.79. The van der Waals surface area contributed by atoms with Gasteiger partial charge in [0.25, 0.3) is 0 Å². The quantitative estimate of drug-likeness (QED) is 0.873. The molecule has 0 aliphatic carbocycles. The van der Waals surface area contributed by atoms with E-state index in [1.54, 1.807) is 0 Å². The third-order valence-corrected chi connectivity index (χ3v) is 2.46. The second-order valence-electron chi connectivity index (χ2n) is 4.33. The van der Waals surface area contributed by atoms with Gasteiger partial charge in [0.15, 0.2) is 5.69 Å². The van der Waals surface area contributed by atoms with Crippen LogP contribution in [0.25, 0.3) is 10.9 Å². The number of aromatic nitrogens is 2. The second-order valence-corrected chi connectivity index (χ2v) is 4.33. The molecule has 4 nitrogen and oxygen atoms in total. The maximum atomic E-state index is 9.05. The van der Waals surface area contributed by atoms with Gasteiger partial charge in [-0.3, -0.25) is 0 Å². The van der Waals surface area contributed by atoms with Gasteiger partial charge < -0.3 is 5.32 Å². The lowest BCUT2D eigenvalue weighted by Crippen LogP contribution is -2.10. The summed E-state index contributed by atoms with van der Waals surface area (Å²) in [6, 6.07) is 9.77. The summed E-state index contributed by atoms with van der Waals surface area (Å²) in [4.78, 5) is 0. The number of hydrogen-bond acceptors (Lipinski definition) is 4. The van der Waals surface area contributed by atoms with Crippen molar-refractivity contribution in [1.29, 1.82) is 5.26 Å². The van der Waals surface area contributed by atoms with E-state index in [0.717, 1.165) is 23.1 Å². The van der Waals surface area contributed by atoms with Gasteiger partial charge in [0, 0.05) is 11.9 Å². The summed E-state index contributed by atoms with van der Waals surface area (Å²) >= 11 is 0. The number of rotatable bonds is 3. The molecule has 0 saturated carbocycles. The van der Waals surface area contributed by atoms with E-state index in [1.165, 1.54) is 0 Å². The van der Waals surface area contributed by atoms with Crippen molar-refractivity contribution < 1.29 is 0 Å². The van der Waals surface area contributed by atoms with E-state index in [0.29, 0.717) is 11.6 Å². The van der Waals surface area contributed by atoms with Crippen molar-refractivity contribution in [1.82, 2.24) is 10.2 Å². The monoisotopic (exact) mass is 226 g/mol. The molecule has 0 atom stereocenters. The molecule has 0 spiro atoms. The first-order chi connectivity index (χ1) is 8.22. The highest BCUT2D eigenvalue weighted by Gasteiger charge is 2.09. The molecule has 86 valence electrons. The molecule has 0 bridgehead atoms. The molecular weight excluding hydrogens is 212 g/mol. The molecule has 0 aliphatic rings. The third kappa shape index (κ3) is 2.34. The first kappa shape index (κ1) is 11.3. The Kier molecular flexibility index (Phi) is 3.20. The van der Waals surface area contributed by atoms with Crippen LogP contribution in [-0.2, 0) is 0 Å². The van der Waals surface area contributed by atoms with Gasteiger partial charge >= 0.3 is 0 Å². The fourth-order valence-electron chi connectivity index (χ4n) is 1.62. The van der Waals surface area contributed by atoms with Gasteiger partial charge in [-0.25, -0.2) is 0 Å². The van der Waals surface area contributed by atoms with E-state index >= 15 is 0 Å². The Morgan fingerprint density at radius 2 is 2.06 bits per heavy atom. The SMILES string of the molecule is CC(C)CNc1c(C#N)nnc2ccccc12. The fraction of sp³-hybridized carbons (Fsp3) is 0.308. The predicted molar refractivity (Wildman–Crippen MR) is 67.6 cm³/mol. The largest absolute Gasteiger partial charge is 0.382 e. The highest BCUT2D eigenvalue weighted by atomic mass is 15.1. The molecule has 0 fully saturated rings. The van der Waals surface area contributed by atoms with Crippen LogP contribution < -0.4 is 5.32 Å². The zero-order valence-electron chi connectivity index (χ0n) is 9.94. The zero-order chi connectivity index (χ0) is 12.3. The minimum atomic E-state index is 0.351. The molecule has 2 aromatic rings. The maximum absolute atomic E-state index is 9.05. The predicted octanol–water partition coefficient (Wildman–Crippen LogP) is 2.57. The normalized spacial score (nSPS) is 10.5. The van der Waals surface area contributed by atoms with Gasteiger partial charge in [-0.1, -0.05) is 32.0 Å². The minimum Gasteiger partial charge on any atom is -0.382 e. The lowest BCUT2D eigenvalue weighted by atomic mass is 10.1. The highest BCUT2D eigenvalue weighted by molar-refractivity contribution is 5.92. The number of hydrogen-bond donors (Lipinski definition) is 1. The van der Waals surface area contributed by atoms with Gasteiger partial charge in [0.1, 0.15) is 6.07 Å². The molecule has 1 N–H and O–H groups in total. The Bertz CT molecular complexity index is 569. The van der Waals surface area contributed by atoms with Crippen LogP contribution >= 0.6 is 0 Å². The van der Waals surface area contributed by atoms with Gasteiger partial charge in [-0.05, 0) is 12.0 Å². The van der Waals surface area contributed by atoms with Crippen LogP contribution in [0.5, 0.6) is 0 Å². The summed E-state index contributed by atoms with van der Waals surface area (Å²) in [6.45, 7) is 5.05. The van der Waals surface area contributed by atoms with Crippen molar-refractivity contribution in [3.05, 3.63) is 30.0 Å². The summed E-state index contributed by atoms with van der Waals surface area (Å²) in [6.07, 6.45) is 0. The minimum absolute atomic E-state index is 0.351. The first-order valence-electron chi connectivity index (χ1n) is 5.61. The fourth-order valence-corrected chi connectivity index (χ4v) is 1.62. The van der Waals surface area contributed by atoms with Crippen LogP contribution in [0.2, 0.25) is 0 Å². The molecule has 2 rings (SSSR count). The molecule has 0 unspecified atom stereocenters. The molecule has 0 radical (unpaired) electrons. The Hall–Kier alpha value is -2.15. The molecule has 1 heterocycles. The van der Waals surface area contributed by atoms with Crippen LogP contribution in [0, 0.1) is 17.2 Å². The van der Waals surface area contributed by atoms with Crippen molar-refractivity contribution in [2.75, 3.05) is 11.9 Å². The molecule has 0 amide bonds. The average molecular weight is 226 g/mol. The summed E-state index contributed by atoms with van der Waals surface area (Å²) in [5, 5.41) is 21.2. The van der Waals surface area contributed by atoms with Gasteiger partial charge in [0.05, 0.1) is 11.2 Å². The van der Waals surface area contributed by atoms with E-state index < -0.39 is 0 Å². The lowest BCUT2D eigenvalue weighted by Gasteiger charge is -2.11. The Morgan fingerprint density at radius 1 is 1.29 bits per heavy atom. The maximum Gasteiger partial charge on any atom is 0.186 e. The van der Waals surface area contributed by atoms with Crippen LogP contribution in [0.15, 0.2) is 24.3 Å². The summed E-state index contributed by atoms with van der Waals surface area (Å²) < 4.78 is 0. The highest BCUT2D eigenvalue weighted by Crippen LogP contribution is 2.23. The van der Waals surface area contributed by atoms with E-state index in [9.17, 15) is 0 Å². The third-order valence-electron chi connectivity index (χ3n) is 2.46. The topological polar surface area (TPSA) is 61.6 Å². The van der Waals surface area contributed by atoms with E-state index in [1.807, 2.05) is 24.3 Å². The van der Waals surface area contributed by atoms with Crippen molar-refractivity contribution in [2.24, 2.45) is 5.92 Å². The van der Waals surface area contributed by atoms with Crippen LogP contribution in [-0.4, -0.2) is 16.7 Å². The standard InChI is InChI=1S/C13H14N4/c1-9(2)8-15-13-10-5-3-4-6-11(10)16-17-12(13)7-14/h3-6,9H,8H2,1-2H3,(H,15,16). The lowest BCUT2D eigenvalue weighted by molar-refractivity contribution is 0.689. The first-order valence-corrected chi connectivity index (χ1v) is 5.61. The molecule has 1 aromatic heterocycles. The molecule has 4 heteroatoms. The van der Waals surface area contributed by atoms with E-state index in [-0.39, 0.29) is 0 Å². The van der Waals surface area contributed by atoms with E-state index in [2.05, 4.69) is 35.4 Å². The Morgan fingerprint density at radius 3 is 2.76 bits per heavy atom. The molecule has 17 heavy (non-hydrogen) atoms. The number of fused-ring (bicyclic) bond motifs is 1. The molecular formula is C13H14N4. The van der Waals surface area contributed by atoms with Crippen LogP contribution in [0.3, 0.4) is 0 Å². The number of nitrogens with zero attached hydrogens (tertiary/aromatic N) is 3. The molecule has 0 saturated heterocycles. The number of anilines is 1. The number of benzene rings is 1. The van der Waals surface area contributed by atoms with Crippen molar-refractivity contribution in [3.63, 3.8) is 0 Å². The molecule has 1 aromatic carbocycles. The zero-order valence-corrected chi connectivity index (χ0v) is 9.94. The summed E-state index contributed by atoms with van der Waals surface area (Å²) in [7, 11) is 0. The van der Waals surface area contributed by atoms with Crippen LogP contribution in [0.1, 0.15) is 19.5 Å². The van der Waals surface area contributed by atoms with Gasteiger partial charge in [-0.15, -0.1) is 10.2 Å². The Balaban J connectivity index is 2.52. The van der Waals surface area contributed by atoms with Crippen molar-refractivity contribution in [2.45, 2.75) is 13.8 Å². The van der Waals surface area contributed by atoms with E-state index in [4.69, 9.17) is 5.26 Å². The molecule has 0 aliphatic heterocycles. The number of nitriles is 1. The number of nitrogens with one attached hydrogen (secondary N) is 1. The van der Waals surface area contributed by atoms with Gasteiger partial charge in [0.2, 0.25) is 0 Å². The smallest absolute Gasteiger partial charge is 0.186 e. The van der Waals surface area contributed by atoms with Crippen LogP contribution in [0.4, 0.5) is 5.69 Å². The Labute approximate surface area is 100 Å².